The van der Waals surface area contributed by atoms with E-state index in [9.17, 15) is 8.42 Å². The van der Waals surface area contributed by atoms with Gasteiger partial charge in [-0.15, -0.1) is 0 Å². The van der Waals surface area contributed by atoms with Gasteiger partial charge in [-0.25, -0.2) is 13.6 Å². The highest BCUT2D eigenvalue weighted by Gasteiger charge is 2.06. The number of halogens is 1. The Morgan fingerprint density at radius 2 is 2.18 bits per heavy atom. The summed E-state index contributed by atoms with van der Waals surface area (Å²) < 4.78 is 21.4. The van der Waals surface area contributed by atoms with E-state index in [0.717, 1.165) is 0 Å². The smallest absolute Gasteiger partial charge is 0.225 e. The Kier molecular flexibility index (Phi) is 2.17. The zero-order valence-corrected chi connectivity index (χ0v) is 6.98. The summed E-state index contributed by atoms with van der Waals surface area (Å²) in [7, 11) is -3.63. The minimum Gasteiger partial charge on any atom is -0.225 e. The van der Waals surface area contributed by atoms with Gasteiger partial charge < -0.3 is 0 Å². The lowest BCUT2D eigenvalue weighted by atomic mass is 10.4. The lowest BCUT2D eigenvalue weighted by Crippen LogP contribution is -2.11. The van der Waals surface area contributed by atoms with Crippen LogP contribution in [0.2, 0.25) is 5.02 Å². The third-order valence-corrected chi connectivity index (χ3v) is 2.20. The van der Waals surface area contributed by atoms with Crippen LogP contribution in [-0.2, 0) is 10.0 Å². The van der Waals surface area contributed by atoms with E-state index in [2.05, 4.69) is 6.07 Å². The Balaban J connectivity index is 3.28. The highest BCUT2D eigenvalue weighted by atomic mass is 35.5. The topological polar surface area (TPSA) is 60.2 Å². The van der Waals surface area contributed by atoms with Gasteiger partial charge in [0.2, 0.25) is 10.0 Å². The van der Waals surface area contributed by atoms with Crippen molar-refractivity contribution in [3.05, 3.63) is 29.3 Å². The Bertz CT molecular complexity index is 361. The van der Waals surface area contributed by atoms with Gasteiger partial charge in [0.05, 0.1) is 4.90 Å². The molecule has 0 saturated carbocycles. The molecule has 0 spiro atoms. The van der Waals surface area contributed by atoms with Crippen LogP contribution in [0.4, 0.5) is 0 Å². The summed E-state index contributed by atoms with van der Waals surface area (Å²) in [5, 5.41) is 5.06. The summed E-state index contributed by atoms with van der Waals surface area (Å²) in [5.41, 5.74) is 0. The zero-order chi connectivity index (χ0) is 8.48. The van der Waals surface area contributed by atoms with Crippen LogP contribution in [0.25, 0.3) is 0 Å². The summed E-state index contributed by atoms with van der Waals surface area (Å²) in [6.45, 7) is 0. The van der Waals surface area contributed by atoms with Gasteiger partial charge in [0.1, 0.15) is 0 Å². The van der Waals surface area contributed by atoms with Crippen molar-refractivity contribution in [2.75, 3.05) is 0 Å². The SMILES string of the molecule is NS(=O)(=O)c1cc[c]c(Cl)c1. The van der Waals surface area contributed by atoms with Crippen LogP contribution in [0.1, 0.15) is 0 Å². The molecule has 0 bridgehead atoms. The zero-order valence-electron chi connectivity index (χ0n) is 5.41. The van der Waals surface area contributed by atoms with E-state index in [-0.39, 0.29) is 9.92 Å². The molecule has 1 radical (unpaired) electrons. The molecule has 1 rings (SSSR count). The van der Waals surface area contributed by atoms with Crippen molar-refractivity contribution in [1.82, 2.24) is 0 Å². The van der Waals surface area contributed by atoms with Crippen LogP contribution in [-0.4, -0.2) is 8.42 Å². The minimum absolute atomic E-state index is 0.00116. The molecule has 2 N–H and O–H groups in total. The molecular formula is C6H5ClNO2S. The van der Waals surface area contributed by atoms with Crippen molar-refractivity contribution in [2.24, 2.45) is 5.14 Å². The number of primary sulfonamides is 1. The molecule has 0 unspecified atom stereocenters. The number of nitrogens with two attached hydrogens (primary N) is 1. The molecule has 59 valence electrons. The number of rotatable bonds is 1. The first-order valence-corrected chi connectivity index (χ1v) is 4.62. The predicted octanol–water partition coefficient (Wildman–Crippen LogP) is 0.788. The van der Waals surface area contributed by atoms with Crippen molar-refractivity contribution < 1.29 is 8.42 Å². The maximum Gasteiger partial charge on any atom is 0.238 e. The van der Waals surface area contributed by atoms with Crippen molar-refractivity contribution in [1.29, 1.82) is 0 Å². The number of benzene rings is 1. The van der Waals surface area contributed by atoms with Gasteiger partial charge in [-0.3, -0.25) is 0 Å². The van der Waals surface area contributed by atoms with Crippen LogP contribution in [0, 0.1) is 6.07 Å². The molecule has 0 atom stereocenters. The van der Waals surface area contributed by atoms with Gasteiger partial charge in [0.25, 0.3) is 0 Å². The maximum absolute atomic E-state index is 10.7. The fourth-order valence-electron chi connectivity index (χ4n) is 0.595. The molecule has 0 aliphatic rings. The molecule has 0 fully saturated rings. The minimum atomic E-state index is -3.63. The van der Waals surface area contributed by atoms with Crippen molar-refractivity contribution in [3.8, 4) is 0 Å². The largest absolute Gasteiger partial charge is 0.238 e. The second-order valence-corrected chi connectivity index (χ2v) is 3.89. The van der Waals surface area contributed by atoms with Crippen molar-refractivity contribution >= 4 is 21.6 Å². The van der Waals surface area contributed by atoms with E-state index < -0.39 is 10.0 Å². The first-order valence-electron chi connectivity index (χ1n) is 2.70. The predicted molar refractivity (Wildman–Crippen MR) is 41.7 cm³/mol. The molecule has 0 aliphatic carbocycles. The fourth-order valence-corrected chi connectivity index (χ4v) is 1.38. The first kappa shape index (κ1) is 8.52. The molecule has 0 aliphatic heterocycles. The number of hydrogen-bond acceptors (Lipinski definition) is 2. The molecule has 1 aromatic carbocycles. The monoisotopic (exact) mass is 190 g/mol. The lowest BCUT2D eigenvalue weighted by molar-refractivity contribution is 0.598. The quantitative estimate of drug-likeness (QED) is 0.712. The molecular weight excluding hydrogens is 186 g/mol. The van der Waals surface area contributed by atoms with E-state index >= 15 is 0 Å². The van der Waals surface area contributed by atoms with E-state index in [1.165, 1.54) is 18.2 Å². The second-order valence-electron chi connectivity index (χ2n) is 1.92. The van der Waals surface area contributed by atoms with Crippen LogP contribution < -0.4 is 5.14 Å². The second kappa shape index (κ2) is 2.81. The van der Waals surface area contributed by atoms with Gasteiger partial charge in [-0.2, -0.15) is 0 Å². The molecule has 0 saturated heterocycles. The van der Waals surface area contributed by atoms with E-state index in [4.69, 9.17) is 16.7 Å². The van der Waals surface area contributed by atoms with E-state index in [1.54, 1.807) is 0 Å². The Morgan fingerprint density at radius 3 is 2.55 bits per heavy atom. The van der Waals surface area contributed by atoms with E-state index in [0.29, 0.717) is 0 Å². The molecule has 1 aromatic rings. The van der Waals surface area contributed by atoms with E-state index in [1.807, 2.05) is 0 Å². The number of sulfonamides is 1. The van der Waals surface area contributed by atoms with Crippen molar-refractivity contribution in [3.63, 3.8) is 0 Å². The molecule has 0 aromatic heterocycles. The van der Waals surface area contributed by atoms with Gasteiger partial charge in [-0.1, -0.05) is 17.7 Å². The summed E-state index contributed by atoms with van der Waals surface area (Å²) in [6, 6.07) is 6.58. The molecule has 5 heteroatoms. The van der Waals surface area contributed by atoms with Crippen LogP contribution >= 0.6 is 11.6 Å². The summed E-state index contributed by atoms with van der Waals surface area (Å²) in [4.78, 5) is 0.00116. The lowest BCUT2D eigenvalue weighted by Gasteiger charge is -1.95. The Labute approximate surface area is 69.8 Å². The molecule has 0 amide bonds. The highest BCUT2D eigenvalue weighted by molar-refractivity contribution is 7.89. The van der Waals surface area contributed by atoms with Crippen molar-refractivity contribution in [2.45, 2.75) is 4.90 Å². The average Bonchev–Trinajstić information content (AvgIpc) is 1.86. The fraction of sp³-hybridized carbons (Fsp3) is 0. The summed E-state index contributed by atoms with van der Waals surface area (Å²) >= 11 is 5.48. The highest BCUT2D eigenvalue weighted by Crippen LogP contribution is 2.12. The van der Waals surface area contributed by atoms with Gasteiger partial charge >= 0.3 is 0 Å². The molecule has 3 nitrogen and oxygen atoms in total. The van der Waals surface area contributed by atoms with Crippen LogP contribution in [0.5, 0.6) is 0 Å². The summed E-state index contributed by atoms with van der Waals surface area (Å²) in [5.74, 6) is 0. The third kappa shape index (κ3) is 2.18. The average molecular weight is 191 g/mol. The number of hydrogen-bond donors (Lipinski definition) is 1. The van der Waals surface area contributed by atoms with Gasteiger partial charge in [-0.05, 0) is 12.1 Å². The van der Waals surface area contributed by atoms with Crippen LogP contribution in [0.3, 0.4) is 0 Å². The van der Waals surface area contributed by atoms with Crippen LogP contribution in [0.15, 0.2) is 23.1 Å². The normalized spacial score (nSPS) is 11.5. The molecule has 0 heterocycles. The van der Waals surface area contributed by atoms with Gasteiger partial charge in [0.15, 0.2) is 0 Å². The standard InChI is InChI=1S/C6H5ClNO2S/c7-5-2-1-3-6(4-5)11(8,9)10/h1,3-4H,(H2,8,9,10). The Morgan fingerprint density at radius 1 is 1.55 bits per heavy atom. The first-order chi connectivity index (χ1) is 5.00. The molecule has 11 heavy (non-hydrogen) atoms. The summed E-state index contributed by atoms with van der Waals surface area (Å²) in [6.07, 6.45) is 0. The Hall–Kier alpha value is -0.580. The third-order valence-electron chi connectivity index (χ3n) is 1.07. The van der Waals surface area contributed by atoms with Gasteiger partial charge in [0, 0.05) is 11.1 Å². The maximum atomic E-state index is 10.7.